The SMILES string of the molecule is Cc1ccc2cc(CSc3nnc(Cc4ccccc4)n3C)c(Cl)nc2c1C. The lowest BCUT2D eigenvalue weighted by atomic mass is 10.0. The summed E-state index contributed by atoms with van der Waals surface area (Å²) in [7, 11) is 2.01. The zero-order chi connectivity index (χ0) is 19.7. The van der Waals surface area contributed by atoms with Crippen LogP contribution in [0.3, 0.4) is 0 Å². The summed E-state index contributed by atoms with van der Waals surface area (Å²) in [6.45, 7) is 4.18. The maximum atomic E-state index is 6.48. The molecule has 0 aliphatic rings. The molecule has 2 aromatic carbocycles. The van der Waals surface area contributed by atoms with E-state index in [2.05, 4.69) is 59.4 Å². The van der Waals surface area contributed by atoms with E-state index in [0.717, 1.165) is 33.9 Å². The van der Waals surface area contributed by atoms with E-state index < -0.39 is 0 Å². The van der Waals surface area contributed by atoms with Crippen molar-refractivity contribution in [2.75, 3.05) is 0 Å². The van der Waals surface area contributed by atoms with Crippen LogP contribution in [0.15, 0.2) is 53.7 Å². The van der Waals surface area contributed by atoms with Crippen LogP contribution in [0.2, 0.25) is 5.15 Å². The monoisotopic (exact) mass is 408 g/mol. The Morgan fingerprint density at radius 3 is 2.61 bits per heavy atom. The third-order valence-electron chi connectivity index (χ3n) is 5.02. The summed E-state index contributed by atoms with van der Waals surface area (Å²) < 4.78 is 2.05. The molecule has 0 unspecified atom stereocenters. The number of nitrogens with zero attached hydrogens (tertiary/aromatic N) is 4. The van der Waals surface area contributed by atoms with Gasteiger partial charge in [-0.2, -0.15) is 0 Å². The molecule has 0 amide bonds. The number of hydrogen-bond donors (Lipinski definition) is 0. The second-order valence-electron chi connectivity index (χ2n) is 6.93. The van der Waals surface area contributed by atoms with E-state index in [4.69, 9.17) is 11.6 Å². The molecule has 6 heteroatoms. The van der Waals surface area contributed by atoms with Gasteiger partial charge in [-0.3, -0.25) is 0 Å². The van der Waals surface area contributed by atoms with Crippen molar-refractivity contribution in [2.24, 2.45) is 7.05 Å². The maximum Gasteiger partial charge on any atom is 0.191 e. The number of rotatable bonds is 5. The van der Waals surface area contributed by atoms with Gasteiger partial charge >= 0.3 is 0 Å². The first-order valence-corrected chi connectivity index (χ1v) is 10.5. The van der Waals surface area contributed by atoms with Crippen LogP contribution in [0.25, 0.3) is 10.9 Å². The highest BCUT2D eigenvalue weighted by Gasteiger charge is 2.13. The Kier molecular flexibility index (Phi) is 5.38. The molecule has 0 N–H and O–H groups in total. The first-order valence-electron chi connectivity index (χ1n) is 9.13. The fourth-order valence-electron chi connectivity index (χ4n) is 3.15. The summed E-state index contributed by atoms with van der Waals surface area (Å²) in [6, 6.07) is 16.7. The van der Waals surface area contributed by atoms with Crippen LogP contribution >= 0.6 is 23.4 Å². The quantitative estimate of drug-likeness (QED) is 0.322. The van der Waals surface area contributed by atoms with Crippen molar-refractivity contribution >= 4 is 34.3 Å². The molecule has 28 heavy (non-hydrogen) atoms. The highest BCUT2D eigenvalue weighted by Crippen LogP contribution is 2.29. The van der Waals surface area contributed by atoms with Crippen LogP contribution in [0, 0.1) is 13.8 Å². The van der Waals surface area contributed by atoms with Crippen LogP contribution in [0.4, 0.5) is 0 Å². The van der Waals surface area contributed by atoms with Gasteiger partial charge in [0.25, 0.3) is 0 Å². The van der Waals surface area contributed by atoms with Gasteiger partial charge in [-0.15, -0.1) is 10.2 Å². The van der Waals surface area contributed by atoms with E-state index in [9.17, 15) is 0 Å². The number of fused-ring (bicyclic) bond motifs is 1. The van der Waals surface area contributed by atoms with Gasteiger partial charge in [-0.25, -0.2) is 4.98 Å². The minimum absolute atomic E-state index is 0.556. The first-order chi connectivity index (χ1) is 13.5. The standard InChI is InChI=1S/C22H21ClN4S/c1-14-9-10-17-12-18(21(23)24-20(17)15(14)2)13-28-22-26-25-19(27(22)3)11-16-7-5-4-6-8-16/h4-10,12H,11,13H2,1-3H3. The number of benzene rings is 2. The highest BCUT2D eigenvalue weighted by molar-refractivity contribution is 7.98. The smallest absolute Gasteiger partial charge is 0.191 e. The first kappa shape index (κ1) is 19.0. The fraction of sp³-hybridized carbons (Fsp3) is 0.227. The molecular formula is C22H21ClN4S. The molecule has 0 fully saturated rings. The van der Waals surface area contributed by atoms with Gasteiger partial charge in [-0.1, -0.05) is 65.8 Å². The number of aryl methyl sites for hydroxylation is 2. The predicted molar refractivity (Wildman–Crippen MR) is 116 cm³/mol. The van der Waals surface area contributed by atoms with E-state index in [1.54, 1.807) is 11.8 Å². The molecule has 4 aromatic rings. The van der Waals surface area contributed by atoms with Crippen LogP contribution < -0.4 is 0 Å². The zero-order valence-corrected chi connectivity index (χ0v) is 17.7. The van der Waals surface area contributed by atoms with E-state index in [0.29, 0.717) is 10.9 Å². The Hall–Kier alpha value is -2.37. The minimum atomic E-state index is 0.556. The maximum absolute atomic E-state index is 6.48. The molecule has 142 valence electrons. The van der Waals surface area contributed by atoms with Crippen molar-refractivity contribution in [2.45, 2.75) is 31.2 Å². The van der Waals surface area contributed by atoms with Crippen molar-refractivity contribution in [3.05, 3.63) is 81.8 Å². The second kappa shape index (κ2) is 7.94. The normalized spacial score (nSPS) is 11.3. The Labute approximate surface area is 174 Å². The van der Waals surface area contributed by atoms with Gasteiger partial charge < -0.3 is 4.57 Å². The molecule has 0 saturated heterocycles. The molecule has 0 aliphatic heterocycles. The van der Waals surface area contributed by atoms with Crippen LogP contribution in [-0.2, 0) is 19.2 Å². The van der Waals surface area contributed by atoms with Crippen molar-refractivity contribution in [3.8, 4) is 0 Å². The van der Waals surface area contributed by atoms with Gasteiger partial charge in [-0.05, 0) is 36.6 Å². The second-order valence-corrected chi connectivity index (χ2v) is 8.23. The number of hydrogen-bond acceptors (Lipinski definition) is 4. The Bertz CT molecular complexity index is 1140. The van der Waals surface area contributed by atoms with Crippen LogP contribution in [-0.4, -0.2) is 19.7 Å². The molecule has 0 spiro atoms. The van der Waals surface area contributed by atoms with Gasteiger partial charge in [0.1, 0.15) is 11.0 Å². The van der Waals surface area contributed by atoms with Gasteiger partial charge in [0.15, 0.2) is 5.16 Å². The summed E-state index contributed by atoms with van der Waals surface area (Å²) in [5.41, 5.74) is 5.61. The van der Waals surface area contributed by atoms with Gasteiger partial charge in [0, 0.05) is 30.2 Å². The molecule has 0 saturated carbocycles. The highest BCUT2D eigenvalue weighted by atomic mass is 35.5. The molecular weight excluding hydrogens is 388 g/mol. The number of aromatic nitrogens is 4. The number of pyridine rings is 1. The van der Waals surface area contributed by atoms with E-state index >= 15 is 0 Å². The molecule has 4 nitrogen and oxygen atoms in total. The third-order valence-corrected chi connectivity index (χ3v) is 6.42. The van der Waals surface area contributed by atoms with E-state index in [1.807, 2.05) is 29.8 Å². The zero-order valence-electron chi connectivity index (χ0n) is 16.1. The van der Waals surface area contributed by atoms with E-state index in [-0.39, 0.29) is 0 Å². The molecule has 0 atom stereocenters. The molecule has 0 aliphatic carbocycles. The van der Waals surface area contributed by atoms with Crippen molar-refractivity contribution < 1.29 is 0 Å². The fourth-order valence-corrected chi connectivity index (χ4v) is 4.34. The average Bonchev–Trinajstić information content (AvgIpc) is 3.04. The summed E-state index contributed by atoms with van der Waals surface area (Å²) >= 11 is 8.11. The van der Waals surface area contributed by atoms with E-state index in [1.165, 1.54) is 16.7 Å². The van der Waals surface area contributed by atoms with Gasteiger partial charge in [0.2, 0.25) is 0 Å². The Balaban J connectivity index is 1.53. The topological polar surface area (TPSA) is 43.6 Å². The van der Waals surface area contributed by atoms with Crippen molar-refractivity contribution in [1.82, 2.24) is 19.7 Å². The lowest BCUT2D eigenvalue weighted by Gasteiger charge is -2.09. The summed E-state index contributed by atoms with van der Waals surface area (Å²) in [5, 5.41) is 11.3. The largest absolute Gasteiger partial charge is 0.309 e. The lowest BCUT2D eigenvalue weighted by Crippen LogP contribution is -2.00. The predicted octanol–water partition coefficient (Wildman–Crippen LogP) is 5.52. The van der Waals surface area contributed by atoms with Gasteiger partial charge in [0.05, 0.1) is 5.52 Å². The molecule has 2 heterocycles. The van der Waals surface area contributed by atoms with Crippen molar-refractivity contribution in [3.63, 3.8) is 0 Å². The van der Waals surface area contributed by atoms with Crippen LogP contribution in [0.1, 0.15) is 28.1 Å². The molecule has 0 bridgehead atoms. The Morgan fingerprint density at radius 2 is 1.82 bits per heavy atom. The lowest BCUT2D eigenvalue weighted by molar-refractivity contribution is 0.749. The molecule has 2 aromatic heterocycles. The summed E-state index contributed by atoms with van der Waals surface area (Å²) in [5.74, 6) is 1.65. The van der Waals surface area contributed by atoms with Crippen molar-refractivity contribution in [1.29, 1.82) is 0 Å². The summed E-state index contributed by atoms with van der Waals surface area (Å²) in [4.78, 5) is 4.64. The van der Waals surface area contributed by atoms with Crippen LogP contribution in [0.5, 0.6) is 0 Å². The molecule has 0 radical (unpaired) electrons. The average molecular weight is 409 g/mol. The third kappa shape index (κ3) is 3.77. The number of thioether (sulfide) groups is 1. The minimum Gasteiger partial charge on any atom is -0.309 e. The Morgan fingerprint density at radius 1 is 1.04 bits per heavy atom. The molecule has 4 rings (SSSR count). The number of halogens is 1. The summed E-state index contributed by atoms with van der Waals surface area (Å²) in [6.07, 6.45) is 0.766.